The fourth-order valence-electron chi connectivity index (χ4n) is 5.74. The van der Waals surface area contributed by atoms with Crippen molar-refractivity contribution in [3.63, 3.8) is 0 Å². The molecule has 0 aromatic heterocycles. The Bertz CT molecular complexity index is 1510. The van der Waals surface area contributed by atoms with Crippen LogP contribution in [0.5, 0.6) is 17.2 Å². The van der Waals surface area contributed by atoms with Crippen LogP contribution in [0.25, 0.3) is 0 Å². The molecule has 2 amide bonds. The van der Waals surface area contributed by atoms with Crippen LogP contribution in [-0.2, 0) is 16.0 Å². The summed E-state index contributed by atoms with van der Waals surface area (Å²) in [6.45, 7) is 2.80. The molecule has 0 saturated heterocycles. The minimum Gasteiger partial charge on any atom is -0.494 e. The zero-order chi connectivity index (χ0) is 34.3. The Hall–Kier alpha value is -4.86. The van der Waals surface area contributed by atoms with E-state index in [9.17, 15) is 24.3 Å². The van der Waals surface area contributed by atoms with Gasteiger partial charge in [0.15, 0.2) is 11.5 Å². The van der Waals surface area contributed by atoms with Gasteiger partial charge in [-0.05, 0) is 91.4 Å². The largest absolute Gasteiger partial charge is 0.494 e. The Labute approximate surface area is 282 Å². The molecule has 1 aliphatic carbocycles. The molecule has 0 aliphatic heterocycles. The van der Waals surface area contributed by atoms with Crippen molar-refractivity contribution in [2.45, 2.75) is 83.6 Å². The molecular weight excluding hydrogens is 612 g/mol. The predicted octanol–water partition coefficient (Wildman–Crippen LogP) is 7.21. The number of benzene rings is 3. The van der Waals surface area contributed by atoms with Gasteiger partial charge in [0.25, 0.3) is 5.91 Å². The molecule has 1 fully saturated rings. The van der Waals surface area contributed by atoms with E-state index in [1.807, 2.05) is 0 Å². The van der Waals surface area contributed by atoms with Crippen LogP contribution in [-0.4, -0.2) is 48.6 Å². The number of nitrogens with one attached hydrogen (secondary N) is 2. The number of carbonyl (C=O) groups is 4. The van der Waals surface area contributed by atoms with E-state index in [1.165, 1.54) is 45.3 Å². The second-order valence-corrected chi connectivity index (χ2v) is 12.2. The smallest absolute Gasteiger partial charge is 0.343 e. The maximum atomic E-state index is 12.9. The summed E-state index contributed by atoms with van der Waals surface area (Å²) in [5, 5.41) is 15.3. The molecule has 3 N–H and O–H groups in total. The first-order valence-corrected chi connectivity index (χ1v) is 16.8. The summed E-state index contributed by atoms with van der Waals surface area (Å²) in [5.74, 6) is -0.891. The SMILES string of the molecule is CCCCCCCOc1ccc(C(=O)Oc2ccc(CC(NC(=O)c3ccc(NC(=O)CC4CCCC4)cc3)C(=O)O)cc2OC)cc1. The van der Waals surface area contributed by atoms with Crippen LogP contribution < -0.4 is 24.8 Å². The second kappa shape index (κ2) is 18.5. The highest BCUT2D eigenvalue weighted by Gasteiger charge is 2.23. The highest BCUT2D eigenvalue weighted by Crippen LogP contribution is 2.30. The quantitative estimate of drug-likeness (QED) is 0.0740. The zero-order valence-corrected chi connectivity index (χ0v) is 27.8. The molecule has 0 heterocycles. The minimum absolute atomic E-state index is 0.0406. The van der Waals surface area contributed by atoms with Crippen molar-refractivity contribution in [2.75, 3.05) is 19.0 Å². The lowest BCUT2D eigenvalue weighted by Crippen LogP contribution is -2.42. The van der Waals surface area contributed by atoms with E-state index in [1.54, 1.807) is 60.7 Å². The summed E-state index contributed by atoms with van der Waals surface area (Å²) in [6.07, 6.45) is 10.7. The third kappa shape index (κ3) is 11.1. The van der Waals surface area contributed by atoms with Gasteiger partial charge in [0, 0.05) is 24.1 Å². The minimum atomic E-state index is -1.24. The van der Waals surface area contributed by atoms with Crippen LogP contribution in [0.15, 0.2) is 66.7 Å². The van der Waals surface area contributed by atoms with E-state index in [0.717, 1.165) is 25.7 Å². The van der Waals surface area contributed by atoms with E-state index in [0.29, 0.717) is 41.5 Å². The first kappa shape index (κ1) is 36.0. The van der Waals surface area contributed by atoms with Gasteiger partial charge in [-0.25, -0.2) is 9.59 Å². The first-order valence-electron chi connectivity index (χ1n) is 16.8. The molecule has 10 nitrogen and oxygen atoms in total. The lowest BCUT2D eigenvalue weighted by atomic mass is 10.0. The van der Waals surface area contributed by atoms with Crippen LogP contribution in [0.3, 0.4) is 0 Å². The number of methoxy groups -OCH3 is 1. The number of aliphatic carboxylic acids is 1. The number of ether oxygens (including phenoxy) is 3. The number of esters is 1. The maximum absolute atomic E-state index is 12.9. The van der Waals surface area contributed by atoms with Crippen LogP contribution >= 0.6 is 0 Å². The number of carboxylic acids is 1. The van der Waals surface area contributed by atoms with Gasteiger partial charge in [-0.15, -0.1) is 0 Å². The Morgan fingerprint density at radius 3 is 2.21 bits per heavy atom. The fourth-order valence-corrected chi connectivity index (χ4v) is 5.74. The van der Waals surface area contributed by atoms with Gasteiger partial charge in [-0.3, -0.25) is 9.59 Å². The normalized spacial score (nSPS) is 13.4. The van der Waals surface area contributed by atoms with Crippen molar-refractivity contribution < 1.29 is 38.5 Å². The van der Waals surface area contributed by atoms with Crippen molar-refractivity contribution >= 4 is 29.4 Å². The molecule has 3 aromatic rings. The Morgan fingerprint density at radius 1 is 0.854 bits per heavy atom. The van der Waals surface area contributed by atoms with Crippen LogP contribution in [0.2, 0.25) is 0 Å². The van der Waals surface area contributed by atoms with Crippen LogP contribution in [0.4, 0.5) is 5.69 Å². The summed E-state index contributed by atoms with van der Waals surface area (Å²) in [5.41, 5.74) is 1.73. The number of hydrogen-bond donors (Lipinski definition) is 3. The number of amides is 2. The van der Waals surface area contributed by atoms with Gasteiger partial charge in [0.05, 0.1) is 19.3 Å². The third-order valence-electron chi connectivity index (χ3n) is 8.46. The molecule has 1 saturated carbocycles. The molecule has 48 heavy (non-hydrogen) atoms. The molecule has 0 bridgehead atoms. The average Bonchev–Trinajstić information content (AvgIpc) is 3.60. The average molecular weight is 659 g/mol. The van der Waals surface area contributed by atoms with Crippen molar-refractivity contribution in [1.29, 1.82) is 0 Å². The molecular formula is C38H46N2O8. The summed E-state index contributed by atoms with van der Waals surface area (Å²) in [7, 11) is 1.42. The molecule has 1 atom stereocenters. The number of unbranched alkanes of at least 4 members (excludes halogenated alkanes) is 4. The van der Waals surface area contributed by atoms with E-state index in [2.05, 4.69) is 17.6 Å². The highest BCUT2D eigenvalue weighted by molar-refractivity contribution is 5.97. The van der Waals surface area contributed by atoms with Crippen molar-refractivity contribution in [2.24, 2.45) is 5.92 Å². The van der Waals surface area contributed by atoms with Gasteiger partial charge in [-0.2, -0.15) is 0 Å². The summed E-state index contributed by atoms with van der Waals surface area (Å²) < 4.78 is 16.8. The van der Waals surface area contributed by atoms with Crippen molar-refractivity contribution in [3.8, 4) is 17.2 Å². The number of anilines is 1. The molecule has 0 spiro atoms. The topological polar surface area (TPSA) is 140 Å². The lowest BCUT2D eigenvalue weighted by Gasteiger charge is -2.16. The molecule has 3 aromatic carbocycles. The standard InChI is InChI=1S/C38H46N2O8/c1-3-4-5-6-9-22-47-31-19-15-29(16-20-31)38(45)48-33-21-12-27(24-34(33)46-2)23-32(37(43)44)40-36(42)28-13-17-30(18-14-28)39-35(41)25-26-10-7-8-11-26/h12-21,24,26,32H,3-11,22-23,25H2,1-2H3,(H,39,41)(H,40,42)(H,43,44). The van der Waals surface area contributed by atoms with Gasteiger partial charge in [0.1, 0.15) is 11.8 Å². The summed E-state index contributed by atoms with van der Waals surface area (Å²) in [6, 6.07) is 16.6. The van der Waals surface area contributed by atoms with Crippen molar-refractivity contribution in [3.05, 3.63) is 83.4 Å². The highest BCUT2D eigenvalue weighted by atomic mass is 16.6. The Kier molecular flexibility index (Phi) is 13.8. The lowest BCUT2D eigenvalue weighted by molar-refractivity contribution is -0.139. The number of hydrogen-bond acceptors (Lipinski definition) is 7. The Morgan fingerprint density at radius 2 is 1.54 bits per heavy atom. The van der Waals surface area contributed by atoms with Gasteiger partial charge in [0.2, 0.25) is 5.91 Å². The summed E-state index contributed by atoms with van der Waals surface area (Å²) >= 11 is 0. The van der Waals surface area contributed by atoms with E-state index < -0.39 is 23.9 Å². The van der Waals surface area contributed by atoms with E-state index >= 15 is 0 Å². The molecule has 1 unspecified atom stereocenters. The monoisotopic (exact) mass is 658 g/mol. The van der Waals surface area contributed by atoms with Gasteiger partial charge in [-0.1, -0.05) is 51.5 Å². The molecule has 10 heteroatoms. The number of carboxylic acid groups (broad SMARTS) is 1. The van der Waals surface area contributed by atoms with E-state index in [4.69, 9.17) is 14.2 Å². The molecule has 256 valence electrons. The van der Waals surface area contributed by atoms with Gasteiger partial charge >= 0.3 is 11.9 Å². The molecule has 0 radical (unpaired) electrons. The van der Waals surface area contributed by atoms with E-state index in [-0.39, 0.29) is 29.4 Å². The van der Waals surface area contributed by atoms with Crippen LogP contribution in [0, 0.1) is 5.92 Å². The predicted molar refractivity (Wildman–Crippen MR) is 183 cm³/mol. The number of carbonyl (C=O) groups excluding carboxylic acids is 3. The second-order valence-electron chi connectivity index (χ2n) is 12.2. The summed E-state index contributed by atoms with van der Waals surface area (Å²) in [4.78, 5) is 50.2. The molecule has 4 rings (SSSR count). The van der Waals surface area contributed by atoms with Crippen molar-refractivity contribution in [1.82, 2.24) is 5.32 Å². The Balaban J connectivity index is 1.30. The first-order chi connectivity index (χ1) is 23.2. The van der Waals surface area contributed by atoms with Crippen LogP contribution in [0.1, 0.15) is 97.4 Å². The van der Waals surface area contributed by atoms with Gasteiger partial charge < -0.3 is 30.0 Å². The zero-order valence-electron chi connectivity index (χ0n) is 27.8. The molecule has 1 aliphatic rings. The maximum Gasteiger partial charge on any atom is 0.343 e. The third-order valence-corrected chi connectivity index (χ3v) is 8.46. The fraction of sp³-hybridized carbons (Fsp3) is 0.421. The number of rotatable bonds is 18.